The Balaban J connectivity index is 1.99. The molecule has 0 aliphatic rings. The van der Waals surface area contributed by atoms with Gasteiger partial charge in [0.1, 0.15) is 5.82 Å². The lowest BCUT2D eigenvalue weighted by Crippen LogP contribution is -2.42. The van der Waals surface area contributed by atoms with Crippen LogP contribution >= 0.6 is 0 Å². The Bertz CT molecular complexity index is 1210. The second kappa shape index (κ2) is 11.0. The standard InChI is InChI=1S/C23H26N4O6/c1-31-13-12-26-21(24)20(22(29)25-23(26)30)27(14-16-8-4-3-5-9-16)19(28)15-33-18-11-7-6-10-17(18)32-2/h3-11H,12-15,24H2,1-2H3,(H,25,29,30). The Hall–Kier alpha value is -4.05. The average Bonchev–Trinajstić information content (AvgIpc) is 2.82. The number of nitrogens with two attached hydrogens (primary N) is 1. The maximum atomic E-state index is 13.3. The SMILES string of the molecule is COCCn1c(N)c(N(Cc2ccccc2)C(=O)COc2ccccc2OC)c(=O)[nH]c1=O. The van der Waals surface area contributed by atoms with E-state index >= 15 is 0 Å². The Morgan fingerprint density at radius 2 is 1.70 bits per heavy atom. The van der Waals surface area contributed by atoms with Crippen LogP contribution in [0.2, 0.25) is 0 Å². The van der Waals surface area contributed by atoms with Crippen LogP contribution in [-0.2, 0) is 22.6 Å². The molecule has 0 fully saturated rings. The van der Waals surface area contributed by atoms with Gasteiger partial charge >= 0.3 is 5.69 Å². The fourth-order valence-corrected chi connectivity index (χ4v) is 3.26. The molecule has 0 aliphatic carbocycles. The highest BCUT2D eigenvalue weighted by atomic mass is 16.5. The number of carbonyl (C=O) groups excluding carboxylic acids is 1. The number of anilines is 2. The smallest absolute Gasteiger partial charge is 0.330 e. The molecule has 1 aromatic heterocycles. The number of carbonyl (C=O) groups is 1. The Morgan fingerprint density at radius 3 is 2.36 bits per heavy atom. The van der Waals surface area contributed by atoms with Gasteiger partial charge in [-0.05, 0) is 17.7 Å². The van der Waals surface area contributed by atoms with Crippen molar-refractivity contribution in [1.29, 1.82) is 0 Å². The Morgan fingerprint density at radius 1 is 1.03 bits per heavy atom. The summed E-state index contributed by atoms with van der Waals surface area (Å²) in [5.41, 5.74) is 5.37. The van der Waals surface area contributed by atoms with Gasteiger partial charge in [-0.3, -0.25) is 24.0 Å². The molecule has 0 atom stereocenters. The highest BCUT2D eigenvalue weighted by molar-refractivity contribution is 5.96. The minimum absolute atomic E-state index is 0.0463. The van der Waals surface area contributed by atoms with E-state index in [0.717, 1.165) is 10.1 Å². The Kier molecular flexibility index (Phi) is 7.87. The molecule has 0 aliphatic heterocycles. The summed E-state index contributed by atoms with van der Waals surface area (Å²) in [6.07, 6.45) is 0. The molecule has 10 heteroatoms. The molecular weight excluding hydrogens is 428 g/mol. The van der Waals surface area contributed by atoms with Gasteiger partial charge in [0.25, 0.3) is 11.5 Å². The number of nitrogens with zero attached hydrogens (tertiary/aromatic N) is 2. The molecule has 3 N–H and O–H groups in total. The maximum Gasteiger partial charge on any atom is 0.330 e. The number of nitrogen functional groups attached to an aromatic ring is 1. The highest BCUT2D eigenvalue weighted by Crippen LogP contribution is 2.26. The molecule has 0 bridgehead atoms. The molecule has 1 heterocycles. The molecule has 0 saturated carbocycles. The lowest BCUT2D eigenvalue weighted by Gasteiger charge is -2.25. The third-order valence-electron chi connectivity index (χ3n) is 4.91. The number of para-hydroxylation sites is 2. The van der Waals surface area contributed by atoms with Crippen molar-refractivity contribution in [3.8, 4) is 11.5 Å². The van der Waals surface area contributed by atoms with Crippen molar-refractivity contribution in [2.24, 2.45) is 0 Å². The van der Waals surface area contributed by atoms with Crippen molar-refractivity contribution in [2.45, 2.75) is 13.1 Å². The zero-order chi connectivity index (χ0) is 23.8. The number of nitrogens with one attached hydrogen (secondary N) is 1. The van der Waals surface area contributed by atoms with Crippen LogP contribution in [-0.4, -0.2) is 42.9 Å². The van der Waals surface area contributed by atoms with Gasteiger partial charge in [-0.15, -0.1) is 0 Å². The van der Waals surface area contributed by atoms with Crippen LogP contribution in [0, 0.1) is 0 Å². The number of aromatic nitrogens is 2. The Labute approximate surface area is 190 Å². The van der Waals surface area contributed by atoms with E-state index < -0.39 is 17.2 Å². The monoisotopic (exact) mass is 454 g/mol. The van der Waals surface area contributed by atoms with E-state index in [4.69, 9.17) is 19.9 Å². The van der Waals surface area contributed by atoms with E-state index in [2.05, 4.69) is 4.98 Å². The van der Waals surface area contributed by atoms with Gasteiger partial charge in [0.05, 0.1) is 26.8 Å². The van der Waals surface area contributed by atoms with E-state index in [0.29, 0.717) is 11.5 Å². The summed E-state index contributed by atoms with van der Waals surface area (Å²) < 4.78 is 17.1. The third kappa shape index (κ3) is 5.60. The van der Waals surface area contributed by atoms with E-state index in [1.165, 1.54) is 19.1 Å². The first kappa shape index (κ1) is 23.6. The first-order valence-electron chi connectivity index (χ1n) is 10.2. The normalized spacial score (nSPS) is 10.6. The molecule has 33 heavy (non-hydrogen) atoms. The van der Waals surface area contributed by atoms with Gasteiger partial charge < -0.3 is 19.9 Å². The zero-order valence-electron chi connectivity index (χ0n) is 18.4. The summed E-state index contributed by atoms with van der Waals surface area (Å²) in [4.78, 5) is 41.8. The number of benzene rings is 2. The molecule has 174 valence electrons. The molecule has 3 rings (SSSR count). The van der Waals surface area contributed by atoms with Crippen LogP contribution in [0.25, 0.3) is 0 Å². The second-order valence-electron chi connectivity index (χ2n) is 7.04. The molecule has 10 nitrogen and oxygen atoms in total. The molecule has 2 aromatic carbocycles. The molecule has 0 unspecified atom stereocenters. The minimum Gasteiger partial charge on any atom is -0.493 e. The third-order valence-corrected chi connectivity index (χ3v) is 4.91. The summed E-state index contributed by atoms with van der Waals surface area (Å²) in [5.74, 6) is 0.173. The van der Waals surface area contributed by atoms with Gasteiger partial charge in [-0.25, -0.2) is 4.79 Å². The summed E-state index contributed by atoms with van der Waals surface area (Å²) in [5, 5.41) is 0. The number of aromatic amines is 1. The largest absolute Gasteiger partial charge is 0.493 e. The predicted molar refractivity (Wildman–Crippen MR) is 124 cm³/mol. The van der Waals surface area contributed by atoms with Gasteiger partial charge in [0.2, 0.25) is 0 Å². The molecule has 0 spiro atoms. The van der Waals surface area contributed by atoms with E-state index in [1.807, 2.05) is 30.3 Å². The first-order chi connectivity index (χ1) is 16.0. The van der Waals surface area contributed by atoms with Crippen molar-refractivity contribution >= 4 is 17.4 Å². The van der Waals surface area contributed by atoms with Crippen molar-refractivity contribution < 1.29 is 19.0 Å². The summed E-state index contributed by atoms with van der Waals surface area (Å²) in [7, 11) is 2.98. The van der Waals surface area contributed by atoms with Gasteiger partial charge in [-0.2, -0.15) is 0 Å². The molecule has 3 aromatic rings. The first-order valence-corrected chi connectivity index (χ1v) is 10.2. The highest BCUT2D eigenvalue weighted by Gasteiger charge is 2.25. The van der Waals surface area contributed by atoms with Crippen molar-refractivity contribution in [1.82, 2.24) is 9.55 Å². The number of hydrogen-bond acceptors (Lipinski definition) is 7. The van der Waals surface area contributed by atoms with Gasteiger partial charge in [0, 0.05) is 7.11 Å². The summed E-state index contributed by atoms with van der Waals surface area (Å²) >= 11 is 0. The number of H-pyrrole nitrogens is 1. The zero-order valence-corrected chi connectivity index (χ0v) is 18.4. The molecule has 0 radical (unpaired) electrons. The quantitative estimate of drug-likeness (QED) is 0.474. The summed E-state index contributed by atoms with van der Waals surface area (Å²) in [6.45, 7) is -0.0385. The number of hydrogen-bond donors (Lipinski definition) is 2. The minimum atomic E-state index is -0.771. The number of amides is 1. The fraction of sp³-hybridized carbons (Fsp3) is 0.261. The van der Waals surface area contributed by atoms with Crippen molar-refractivity contribution in [3.05, 3.63) is 81.0 Å². The molecular formula is C23H26N4O6. The number of ether oxygens (including phenoxy) is 3. The van der Waals surface area contributed by atoms with E-state index in [9.17, 15) is 14.4 Å². The second-order valence-corrected chi connectivity index (χ2v) is 7.04. The number of methoxy groups -OCH3 is 2. The van der Waals surface area contributed by atoms with Crippen LogP contribution < -0.4 is 31.4 Å². The van der Waals surface area contributed by atoms with Gasteiger partial charge in [0.15, 0.2) is 23.8 Å². The topological polar surface area (TPSA) is 129 Å². The van der Waals surface area contributed by atoms with Gasteiger partial charge in [-0.1, -0.05) is 42.5 Å². The average molecular weight is 454 g/mol. The van der Waals surface area contributed by atoms with Crippen molar-refractivity contribution in [3.63, 3.8) is 0 Å². The number of rotatable bonds is 10. The lowest BCUT2D eigenvalue weighted by molar-refractivity contribution is -0.120. The van der Waals surface area contributed by atoms with E-state index in [-0.39, 0.29) is 37.8 Å². The van der Waals surface area contributed by atoms with Crippen LogP contribution in [0.15, 0.2) is 64.2 Å². The maximum absolute atomic E-state index is 13.3. The fourth-order valence-electron chi connectivity index (χ4n) is 3.26. The summed E-state index contributed by atoms with van der Waals surface area (Å²) in [6, 6.07) is 16.0. The lowest BCUT2D eigenvalue weighted by atomic mass is 10.2. The predicted octanol–water partition coefficient (Wildman–Crippen LogP) is 1.39. The van der Waals surface area contributed by atoms with Crippen LogP contribution in [0.1, 0.15) is 5.56 Å². The van der Waals surface area contributed by atoms with E-state index in [1.54, 1.807) is 24.3 Å². The molecule has 0 saturated heterocycles. The van der Waals surface area contributed by atoms with Crippen LogP contribution in [0.4, 0.5) is 11.5 Å². The van der Waals surface area contributed by atoms with Crippen molar-refractivity contribution in [2.75, 3.05) is 38.1 Å². The van der Waals surface area contributed by atoms with Crippen LogP contribution in [0.5, 0.6) is 11.5 Å². The molecule has 1 amide bonds. The van der Waals surface area contributed by atoms with Crippen LogP contribution in [0.3, 0.4) is 0 Å².